The van der Waals surface area contributed by atoms with Gasteiger partial charge in [0.05, 0.1) is 6.04 Å². The Morgan fingerprint density at radius 3 is 2.00 bits per heavy atom. The van der Waals surface area contributed by atoms with Crippen LogP contribution in [0.15, 0.2) is 5.11 Å². The largest absolute Gasteiger partial charge is 0.346 e. The summed E-state index contributed by atoms with van der Waals surface area (Å²) >= 11 is 0. The highest BCUT2D eigenvalue weighted by atomic mass is 31.2. The molecular weight excluding hydrogens is 270 g/mol. The molecule has 0 amide bonds. The second kappa shape index (κ2) is 4.88. The van der Waals surface area contributed by atoms with Gasteiger partial charge in [-0.1, -0.05) is 19.3 Å². The van der Waals surface area contributed by atoms with Crippen molar-refractivity contribution < 1.29 is 28.7 Å². The van der Waals surface area contributed by atoms with E-state index in [1.807, 2.05) is 0 Å². The highest BCUT2D eigenvalue weighted by Crippen LogP contribution is 2.73. The standard InChI is InChI=1S/C7H16N2O6P2/c8-9-6-4-2-1-3-5-7(6,16(10,11)12)17(13,14)15/h6,8H,1-5H2,(H2,10,11,12)(H2,13,14,15). The van der Waals surface area contributed by atoms with Crippen LogP contribution in [-0.4, -0.2) is 30.5 Å². The molecule has 1 atom stereocenters. The van der Waals surface area contributed by atoms with Gasteiger partial charge in [0.15, 0.2) is 4.90 Å². The molecule has 1 aliphatic rings. The van der Waals surface area contributed by atoms with Crippen LogP contribution in [0.5, 0.6) is 0 Å². The molecule has 0 bridgehead atoms. The lowest BCUT2D eigenvalue weighted by Gasteiger charge is -2.37. The molecule has 0 heterocycles. The van der Waals surface area contributed by atoms with E-state index in [9.17, 15) is 28.7 Å². The van der Waals surface area contributed by atoms with Crippen LogP contribution in [0.3, 0.4) is 0 Å². The molecule has 1 rings (SSSR count). The quantitative estimate of drug-likeness (QED) is 0.300. The Hall–Kier alpha value is -0.100. The molecule has 0 aromatic rings. The van der Waals surface area contributed by atoms with Crippen LogP contribution in [0.25, 0.3) is 0 Å². The summed E-state index contributed by atoms with van der Waals surface area (Å²) in [7, 11) is -10.1. The SMILES string of the molecule is N=NC1CCCCCC1(P(=O)(O)O)P(=O)(O)O. The second-order valence-electron chi connectivity index (χ2n) is 4.21. The van der Waals surface area contributed by atoms with Crippen molar-refractivity contribution in [3.8, 4) is 0 Å². The van der Waals surface area contributed by atoms with E-state index in [0.29, 0.717) is 19.3 Å². The van der Waals surface area contributed by atoms with Crippen molar-refractivity contribution >= 4 is 15.2 Å². The van der Waals surface area contributed by atoms with Crippen molar-refractivity contribution in [2.75, 3.05) is 0 Å². The fourth-order valence-electron chi connectivity index (χ4n) is 2.31. The molecule has 1 unspecified atom stereocenters. The molecular formula is C7H16N2O6P2. The summed E-state index contributed by atoms with van der Waals surface area (Å²) in [6.07, 6.45) is 1.28. The zero-order valence-corrected chi connectivity index (χ0v) is 10.8. The predicted octanol–water partition coefficient (Wildman–Crippen LogP) is 1.40. The third kappa shape index (κ3) is 2.52. The maximum Gasteiger partial charge on any atom is 0.346 e. The molecule has 1 aliphatic carbocycles. The zero-order valence-electron chi connectivity index (χ0n) is 9.06. The first-order chi connectivity index (χ1) is 7.67. The van der Waals surface area contributed by atoms with Gasteiger partial charge in [0.2, 0.25) is 0 Å². The monoisotopic (exact) mass is 286 g/mol. The Bertz CT molecular complexity index is 366. The molecule has 1 saturated carbocycles. The summed E-state index contributed by atoms with van der Waals surface area (Å²) in [6, 6.07) is -1.33. The third-order valence-corrected chi connectivity index (χ3v) is 7.84. The Morgan fingerprint density at radius 1 is 1.06 bits per heavy atom. The van der Waals surface area contributed by atoms with Gasteiger partial charge >= 0.3 is 15.2 Å². The maximum absolute atomic E-state index is 11.5. The lowest BCUT2D eigenvalue weighted by atomic mass is 10.1. The van der Waals surface area contributed by atoms with Crippen molar-refractivity contribution in [1.82, 2.24) is 0 Å². The van der Waals surface area contributed by atoms with Crippen molar-refractivity contribution in [2.24, 2.45) is 5.11 Å². The zero-order chi connectivity index (χ0) is 13.3. The number of rotatable bonds is 3. The van der Waals surface area contributed by atoms with Crippen LogP contribution < -0.4 is 0 Å². The molecule has 0 saturated heterocycles. The van der Waals surface area contributed by atoms with Crippen molar-refractivity contribution in [3.63, 3.8) is 0 Å². The molecule has 10 heteroatoms. The molecule has 0 aromatic carbocycles. The molecule has 0 radical (unpaired) electrons. The molecule has 0 aliphatic heterocycles. The van der Waals surface area contributed by atoms with Crippen LogP contribution in [0.1, 0.15) is 32.1 Å². The van der Waals surface area contributed by atoms with E-state index >= 15 is 0 Å². The van der Waals surface area contributed by atoms with E-state index < -0.39 is 26.1 Å². The van der Waals surface area contributed by atoms with Crippen molar-refractivity contribution in [1.29, 1.82) is 5.53 Å². The summed E-state index contributed by atoms with van der Waals surface area (Å²) in [5.41, 5.74) is 6.95. The molecule has 8 nitrogen and oxygen atoms in total. The summed E-state index contributed by atoms with van der Waals surface area (Å²) in [4.78, 5) is 34.8. The van der Waals surface area contributed by atoms with Crippen molar-refractivity contribution in [2.45, 2.75) is 43.0 Å². The summed E-state index contributed by atoms with van der Waals surface area (Å²) < 4.78 is 23.1. The summed E-state index contributed by atoms with van der Waals surface area (Å²) in [6.45, 7) is 0. The summed E-state index contributed by atoms with van der Waals surface area (Å²) in [5, 5.41) is 3.06. The van der Waals surface area contributed by atoms with Gasteiger partial charge in [-0.05, 0) is 12.8 Å². The fraction of sp³-hybridized carbons (Fsp3) is 1.00. The highest BCUT2D eigenvalue weighted by molar-refractivity contribution is 7.72. The molecule has 0 aromatic heterocycles. The Kier molecular flexibility index (Phi) is 4.29. The van der Waals surface area contributed by atoms with E-state index in [1.54, 1.807) is 0 Å². The van der Waals surface area contributed by atoms with E-state index in [0.717, 1.165) is 0 Å². The predicted molar refractivity (Wildman–Crippen MR) is 58.8 cm³/mol. The van der Waals surface area contributed by atoms with Gasteiger partial charge in [-0.2, -0.15) is 5.11 Å². The highest BCUT2D eigenvalue weighted by Gasteiger charge is 2.64. The van der Waals surface area contributed by atoms with Crippen LogP contribution in [0.2, 0.25) is 0 Å². The van der Waals surface area contributed by atoms with E-state index in [4.69, 9.17) is 5.53 Å². The van der Waals surface area contributed by atoms with Crippen molar-refractivity contribution in [3.05, 3.63) is 0 Å². The first kappa shape index (κ1) is 15.0. The molecule has 1 fully saturated rings. The van der Waals surface area contributed by atoms with E-state index in [1.165, 1.54) is 0 Å². The lowest BCUT2D eigenvalue weighted by molar-refractivity contribution is 0.281. The Balaban J connectivity index is 3.42. The molecule has 100 valence electrons. The average Bonchev–Trinajstić information content (AvgIpc) is 2.36. The van der Waals surface area contributed by atoms with Gasteiger partial charge in [-0.15, -0.1) is 0 Å². The Morgan fingerprint density at radius 2 is 1.59 bits per heavy atom. The number of hydrogen-bond acceptors (Lipinski definition) is 4. The van der Waals surface area contributed by atoms with Gasteiger partial charge in [0, 0.05) is 0 Å². The molecule has 17 heavy (non-hydrogen) atoms. The van der Waals surface area contributed by atoms with E-state index in [2.05, 4.69) is 5.11 Å². The van der Waals surface area contributed by atoms with Gasteiger partial charge < -0.3 is 19.6 Å². The number of nitrogens with zero attached hydrogens (tertiary/aromatic N) is 1. The summed E-state index contributed by atoms with van der Waals surface area (Å²) in [5.74, 6) is 0. The first-order valence-corrected chi connectivity index (χ1v) is 8.37. The third-order valence-electron chi connectivity index (χ3n) is 3.22. The Labute approximate surface area is 98.3 Å². The van der Waals surface area contributed by atoms with Crippen LogP contribution in [-0.2, 0) is 9.13 Å². The van der Waals surface area contributed by atoms with Gasteiger partial charge in [-0.3, -0.25) is 9.13 Å². The van der Waals surface area contributed by atoms with Crippen LogP contribution >= 0.6 is 15.2 Å². The second-order valence-corrected chi connectivity index (χ2v) is 8.34. The van der Waals surface area contributed by atoms with Gasteiger partial charge in [-0.25, -0.2) is 5.53 Å². The fourth-order valence-corrected chi connectivity index (χ4v) is 5.72. The minimum atomic E-state index is -5.07. The molecule has 0 spiro atoms. The number of hydrogen-bond donors (Lipinski definition) is 5. The lowest BCUT2D eigenvalue weighted by Crippen LogP contribution is -2.39. The molecule has 5 N–H and O–H groups in total. The normalized spacial score (nSPS) is 26.2. The minimum Gasteiger partial charge on any atom is -0.324 e. The van der Waals surface area contributed by atoms with Crippen LogP contribution in [0, 0.1) is 5.53 Å². The first-order valence-electron chi connectivity index (χ1n) is 5.14. The number of nitrogens with one attached hydrogen (secondary N) is 1. The minimum absolute atomic E-state index is 0.111. The smallest absolute Gasteiger partial charge is 0.324 e. The van der Waals surface area contributed by atoms with Gasteiger partial charge in [0.25, 0.3) is 0 Å². The average molecular weight is 286 g/mol. The van der Waals surface area contributed by atoms with Gasteiger partial charge in [0.1, 0.15) is 0 Å². The maximum atomic E-state index is 11.5. The van der Waals surface area contributed by atoms with E-state index in [-0.39, 0.29) is 12.8 Å². The van der Waals surface area contributed by atoms with Crippen LogP contribution in [0.4, 0.5) is 0 Å². The topological polar surface area (TPSA) is 151 Å².